The topological polar surface area (TPSA) is 52.6 Å². The molecular formula is C14H20N2O2. The van der Waals surface area contributed by atoms with Crippen molar-refractivity contribution in [3.63, 3.8) is 0 Å². The van der Waals surface area contributed by atoms with Crippen LogP contribution >= 0.6 is 0 Å². The second kappa shape index (κ2) is 5.87. The number of piperidine rings is 1. The lowest BCUT2D eigenvalue weighted by Crippen LogP contribution is -2.38. The number of phenols is 1. The molecule has 4 nitrogen and oxygen atoms in total. The van der Waals surface area contributed by atoms with Gasteiger partial charge in [0.25, 0.3) is 0 Å². The van der Waals surface area contributed by atoms with Crippen LogP contribution in [0.15, 0.2) is 24.3 Å². The molecule has 0 aliphatic carbocycles. The fourth-order valence-electron chi connectivity index (χ4n) is 2.36. The molecule has 1 aliphatic rings. The van der Waals surface area contributed by atoms with E-state index in [0.29, 0.717) is 6.54 Å². The van der Waals surface area contributed by atoms with E-state index in [1.165, 1.54) is 0 Å². The number of aromatic hydroxyl groups is 1. The number of phenolic OH excluding ortho intramolecular Hbond substituents is 1. The molecule has 1 aliphatic heterocycles. The van der Waals surface area contributed by atoms with Gasteiger partial charge in [0.2, 0.25) is 5.91 Å². The van der Waals surface area contributed by atoms with E-state index in [4.69, 9.17) is 0 Å². The van der Waals surface area contributed by atoms with Gasteiger partial charge in [0.1, 0.15) is 5.75 Å². The first-order valence-corrected chi connectivity index (χ1v) is 6.41. The summed E-state index contributed by atoms with van der Waals surface area (Å²) in [5, 5.41) is 13.0. The number of nitrogens with zero attached hydrogens (tertiary/aromatic N) is 1. The van der Waals surface area contributed by atoms with Gasteiger partial charge in [-0.2, -0.15) is 0 Å². The Morgan fingerprint density at radius 2 is 2.06 bits per heavy atom. The second-order valence-electron chi connectivity index (χ2n) is 4.85. The first-order valence-electron chi connectivity index (χ1n) is 6.41. The van der Waals surface area contributed by atoms with Gasteiger partial charge < -0.3 is 15.3 Å². The highest BCUT2D eigenvalue weighted by atomic mass is 16.3. The van der Waals surface area contributed by atoms with Gasteiger partial charge in [0.05, 0.1) is 0 Å². The number of rotatable bonds is 3. The van der Waals surface area contributed by atoms with E-state index in [-0.39, 0.29) is 17.6 Å². The number of amides is 1. The van der Waals surface area contributed by atoms with Gasteiger partial charge >= 0.3 is 0 Å². The Bertz CT molecular complexity index is 414. The minimum Gasteiger partial charge on any atom is -0.508 e. The van der Waals surface area contributed by atoms with Crippen LogP contribution in [0.5, 0.6) is 5.75 Å². The lowest BCUT2D eigenvalue weighted by molar-refractivity contribution is -0.135. The first-order chi connectivity index (χ1) is 8.68. The molecule has 1 amide bonds. The largest absolute Gasteiger partial charge is 0.508 e. The standard InChI is InChI=1S/C14H20N2O2/c1-16(10-12-4-2-3-5-13(12)17)14(18)11-6-8-15-9-7-11/h2-5,11,15,17H,6-10H2,1H3. The predicted octanol–water partition coefficient (Wildman–Crippen LogP) is 1.35. The summed E-state index contributed by atoms with van der Waals surface area (Å²) in [6.07, 6.45) is 1.81. The fraction of sp³-hybridized carbons (Fsp3) is 0.500. The van der Waals surface area contributed by atoms with Crippen molar-refractivity contribution in [2.45, 2.75) is 19.4 Å². The maximum atomic E-state index is 12.2. The van der Waals surface area contributed by atoms with Crippen molar-refractivity contribution in [2.75, 3.05) is 20.1 Å². The summed E-state index contributed by atoms with van der Waals surface area (Å²) >= 11 is 0. The Morgan fingerprint density at radius 1 is 1.39 bits per heavy atom. The third-order valence-corrected chi connectivity index (χ3v) is 3.46. The Morgan fingerprint density at radius 3 is 2.72 bits per heavy atom. The maximum absolute atomic E-state index is 12.2. The predicted molar refractivity (Wildman–Crippen MR) is 70.2 cm³/mol. The van der Waals surface area contributed by atoms with E-state index in [2.05, 4.69) is 5.32 Å². The molecule has 1 aromatic rings. The molecule has 1 heterocycles. The molecule has 0 radical (unpaired) electrons. The average molecular weight is 248 g/mol. The van der Waals surface area contributed by atoms with Crippen molar-refractivity contribution in [3.8, 4) is 5.75 Å². The molecule has 1 aromatic carbocycles. The monoisotopic (exact) mass is 248 g/mol. The Labute approximate surface area is 108 Å². The molecule has 0 aromatic heterocycles. The zero-order valence-electron chi connectivity index (χ0n) is 10.7. The van der Waals surface area contributed by atoms with Crippen LogP contribution in [-0.4, -0.2) is 36.1 Å². The average Bonchev–Trinajstić information content (AvgIpc) is 2.41. The highest BCUT2D eigenvalue weighted by Crippen LogP contribution is 2.20. The zero-order valence-corrected chi connectivity index (χ0v) is 10.7. The van der Waals surface area contributed by atoms with Gasteiger partial charge in [-0.1, -0.05) is 18.2 Å². The molecule has 2 rings (SSSR count). The number of hydrogen-bond acceptors (Lipinski definition) is 3. The van der Waals surface area contributed by atoms with E-state index >= 15 is 0 Å². The molecule has 0 unspecified atom stereocenters. The number of carbonyl (C=O) groups excluding carboxylic acids is 1. The summed E-state index contributed by atoms with van der Waals surface area (Å²) in [7, 11) is 1.80. The quantitative estimate of drug-likeness (QED) is 0.849. The number of hydrogen-bond donors (Lipinski definition) is 2. The SMILES string of the molecule is CN(Cc1ccccc1O)C(=O)C1CCNCC1. The molecule has 98 valence electrons. The van der Waals surface area contributed by atoms with Crippen molar-refractivity contribution in [3.05, 3.63) is 29.8 Å². The van der Waals surface area contributed by atoms with Crippen molar-refractivity contribution in [2.24, 2.45) is 5.92 Å². The fourth-order valence-corrected chi connectivity index (χ4v) is 2.36. The summed E-state index contributed by atoms with van der Waals surface area (Å²) in [6.45, 7) is 2.30. The van der Waals surface area contributed by atoms with Crippen molar-refractivity contribution in [1.29, 1.82) is 0 Å². The lowest BCUT2D eigenvalue weighted by Gasteiger charge is -2.27. The summed E-state index contributed by atoms with van der Waals surface area (Å²) in [5.74, 6) is 0.560. The van der Waals surface area contributed by atoms with Crippen molar-refractivity contribution >= 4 is 5.91 Å². The van der Waals surface area contributed by atoms with Gasteiger partial charge in [-0.05, 0) is 32.0 Å². The Hall–Kier alpha value is -1.55. The van der Waals surface area contributed by atoms with E-state index in [1.807, 2.05) is 12.1 Å². The molecule has 1 fully saturated rings. The first kappa shape index (κ1) is 12.9. The van der Waals surface area contributed by atoms with Crippen LogP contribution in [0, 0.1) is 5.92 Å². The number of benzene rings is 1. The van der Waals surface area contributed by atoms with Crippen LogP contribution in [0.25, 0.3) is 0 Å². The molecule has 2 N–H and O–H groups in total. The molecule has 1 saturated heterocycles. The highest BCUT2D eigenvalue weighted by molar-refractivity contribution is 5.78. The molecular weight excluding hydrogens is 228 g/mol. The molecule has 0 bridgehead atoms. The maximum Gasteiger partial charge on any atom is 0.225 e. The van der Waals surface area contributed by atoms with Crippen LogP contribution < -0.4 is 5.32 Å². The number of para-hydroxylation sites is 1. The third kappa shape index (κ3) is 3.01. The lowest BCUT2D eigenvalue weighted by atomic mass is 9.96. The highest BCUT2D eigenvalue weighted by Gasteiger charge is 2.24. The van der Waals surface area contributed by atoms with Crippen LogP contribution in [0.2, 0.25) is 0 Å². The van der Waals surface area contributed by atoms with Crippen LogP contribution in [0.4, 0.5) is 0 Å². The minimum absolute atomic E-state index is 0.127. The van der Waals surface area contributed by atoms with Gasteiger partial charge in [0.15, 0.2) is 0 Å². The third-order valence-electron chi connectivity index (χ3n) is 3.46. The normalized spacial score (nSPS) is 16.5. The summed E-state index contributed by atoms with van der Waals surface area (Å²) in [6, 6.07) is 7.16. The zero-order chi connectivity index (χ0) is 13.0. The van der Waals surface area contributed by atoms with Crippen LogP contribution in [0.1, 0.15) is 18.4 Å². The van der Waals surface area contributed by atoms with E-state index in [9.17, 15) is 9.90 Å². The smallest absolute Gasteiger partial charge is 0.225 e. The Balaban J connectivity index is 1.96. The van der Waals surface area contributed by atoms with E-state index < -0.39 is 0 Å². The van der Waals surface area contributed by atoms with E-state index in [0.717, 1.165) is 31.5 Å². The van der Waals surface area contributed by atoms with Crippen molar-refractivity contribution in [1.82, 2.24) is 10.2 Å². The van der Waals surface area contributed by atoms with Crippen LogP contribution in [0.3, 0.4) is 0 Å². The summed E-state index contributed by atoms with van der Waals surface area (Å²) in [4.78, 5) is 13.9. The molecule has 0 saturated carbocycles. The summed E-state index contributed by atoms with van der Waals surface area (Å²) in [5.41, 5.74) is 0.794. The molecule has 0 atom stereocenters. The van der Waals surface area contributed by atoms with E-state index in [1.54, 1.807) is 24.1 Å². The minimum atomic E-state index is 0.127. The van der Waals surface area contributed by atoms with Gasteiger partial charge in [-0.25, -0.2) is 0 Å². The number of carbonyl (C=O) groups is 1. The number of nitrogens with one attached hydrogen (secondary N) is 1. The van der Waals surface area contributed by atoms with Gasteiger partial charge in [0, 0.05) is 25.1 Å². The summed E-state index contributed by atoms with van der Waals surface area (Å²) < 4.78 is 0. The molecule has 18 heavy (non-hydrogen) atoms. The van der Waals surface area contributed by atoms with Gasteiger partial charge in [-0.3, -0.25) is 4.79 Å². The molecule has 0 spiro atoms. The van der Waals surface area contributed by atoms with Crippen molar-refractivity contribution < 1.29 is 9.90 Å². The van der Waals surface area contributed by atoms with Gasteiger partial charge in [-0.15, -0.1) is 0 Å². The Kier molecular flexibility index (Phi) is 4.20. The van der Waals surface area contributed by atoms with Crippen LogP contribution in [-0.2, 0) is 11.3 Å². The molecule has 4 heteroatoms. The second-order valence-corrected chi connectivity index (χ2v) is 4.85.